The van der Waals surface area contributed by atoms with Crippen molar-refractivity contribution in [3.05, 3.63) is 34.4 Å². The molecule has 3 amide bonds. The van der Waals surface area contributed by atoms with Gasteiger partial charge in [-0.3, -0.25) is 29.4 Å². The predicted octanol–water partition coefficient (Wildman–Crippen LogP) is 1.50. The Labute approximate surface area is 171 Å². The number of nitrogens with zero attached hydrogens (tertiary/aromatic N) is 2. The zero-order valence-electron chi connectivity index (χ0n) is 16.3. The Morgan fingerprint density at radius 2 is 1.87 bits per heavy atom. The highest BCUT2D eigenvalue weighted by atomic mass is 16.6. The van der Waals surface area contributed by atoms with Gasteiger partial charge in [0.15, 0.2) is 6.61 Å². The zero-order chi connectivity index (χ0) is 21.6. The Kier molecular flexibility index (Phi) is 5.00. The summed E-state index contributed by atoms with van der Waals surface area (Å²) >= 11 is 0. The summed E-state index contributed by atoms with van der Waals surface area (Å²) in [5.74, 6) is -2.41. The van der Waals surface area contributed by atoms with E-state index in [4.69, 9.17) is 4.74 Å². The number of fused-ring (bicyclic) bond motifs is 5. The average Bonchev–Trinajstić information content (AvgIpc) is 3.39. The summed E-state index contributed by atoms with van der Waals surface area (Å²) < 4.78 is 4.99. The van der Waals surface area contributed by atoms with E-state index in [1.165, 1.54) is 31.2 Å². The number of carbonyl (C=O) groups is 4. The van der Waals surface area contributed by atoms with Crippen molar-refractivity contribution in [3.8, 4) is 0 Å². The average molecular weight is 415 g/mol. The van der Waals surface area contributed by atoms with Crippen molar-refractivity contribution < 1.29 is 28.8 Å². The lowest BCUT2D eigenvalue weighted by molar-refractivity contribution is -0.384. The van der Waals surface area contributed by atoms with Crippen LogP contribution in [0.1, 0.15) is 26.2 Å². The van der Waals surface area contributed by atoms with Crippen LogP contribution in [0.4, 0.5) is 11.4 Å². The molecule has 10 heteroatoms. The number of imide groups is 1. The number of nitro benzene ring substituents is 1. The van der Waals surface area contributed by atoms with E-state index in [0.29, 0.717) is 0 Å². The van der Waals surface area contributed by atoms with Crippen LogP contribution in [0.25, 0.3) is 0 Å². The van der Waals surface area contributed by atoms with E-state index in [2.05, 4.69) is 5.32 Å². The minimum atomic E-state index is -1.11. The van der Waals surface area contributed by atoms with Crippen molar-refractivity contribution in [2.45, 2.75) is 32.2 Å². The van der Waals surface area contributed by atoms with Crippen LogP contribution in [0.3, 0.4) is 0 Å². The Morgan fingerprint density at radius 1 is 1.23 bits per heavy atom. The van der Waals surface area contributed by atoms with Gasteiger partial charge in [-0.1, -0.05) is 6.07 Å². The molecule has 4 rings (SSSR count). The van der Waals surface area contributed by atoms with Crippen molar-refractivity contribution >= 4 is 35.1 Å². The van der Waals surface area contributed by atoms with E-state index in [-0.39, 0.29) is 46.9 Å². The number of nitrogens with one attached hydrogen (secondary N) is 1. The number of non-ortho nitro benzene ring substituents is 1. The summed E-state index contributed by atoms with van der Waals surface area (Å²) in [7, 11) is 0. The third kappa shape index (κ3) is 3.31. The molecule has 2 bridgehead atoms. The minimum absolute atomic E-state index is 0.187. The van der Waals surface area contributed by atoms with E-state index in [1.54, 1.807) is 0 Å². The monoisotopic (exact) mass is 415 g/mol. The highest BCUT2D eigenvalue weighted by Crippen LogP contribution is 2.56. The van der Waals surface area contributed by atoms with Crippen molar-refractivity contribution in [1.29, 1.82) is 0 Å². The maximum Gasteiger partial charge on any atom is 0.329 e. The summed E-state index contributed by atoms with van der Waals surface area (Å²) in [5.41, 5.74) is -0.00418. The van der Waals surface area contributed by atoms with Gasteiger partial charge in [0, 0.05) is 17.8 Å². The Morgan fingerprint density at radius 3 is 2.47 bits per heavy atom. The van der Waals surface area contributed by atoms with E-state index >= 15 is 0 Å². The summed E-state index contributed by atoms with van der Waals surface area (Å²) in [6, 6.07) is 4.22. The molecule has 0 aromatic heterocycles. The van der Waals surface area contributed by atoms with E-state index in [9.17, 15) is 29.3 Å². The van der Waals surface area contributed by atoms with E-state index < -0.39 is 29.4 Å². The van der Waals surface area contributed by atoms with Gasteiger partial charge in [0.1, 0.15) is 6.04 Å². The van der Waals surface area contributed by atoms with Gasteiger partial charge in [-0.15, -0.1) is 0 Å². The van der Waals surface area contributed by atoms with Crippen molar-refractivity contribution in [2.75, 3.05) is 11.9 Å². The second-order valence-corrected chi connectivity index (χ2v) is 8.07. The van der Waals surface area contributed by atoms with Crippen molar-refractivity contribution in [3.63, 3.8) is 0 Å². The number of likely N-dealkylation sites (tertiary alicyclic amines) is 1. The molecule has 10 nitrogen and oxygen atoms in total. The lowest BCUT2D eigenvalue weighted by Crippen LogP contribution is -2.45. The number of carbonyl (C=O) groups excluding carboxylic acids is 4. The normalized spacial score (nSPS) is 27.7. The van der Waals surface area contributed by atoms with Gasteiger partial charge < -0.3 is 10.1 Å². The third-order valence-electron chi connectivity index (χ3n) is 6.38. The number of benzene rings is 1. The fourth-order valence-electron chi connectivity index (χ4n) is 5.07. The largest absolute Gasteiger partial charge is 0.454 e. The molecule has 3 fully saturated rings. The van der Waals surface area contributed by atoms with Crippen LogP contribution in [0, 0.1) is 33.8 Å². The predicted molar refractivity (Wildman–Crippen MR) is 102 cm³/mol. The number of hydrogen-bond acceptors (Lipinski definition) is 7. The topological polar surface area (TPSA) is 136 Å². The highest BCUT2D eigenvalue weighted by Gasteiger charge is 2.62. The van der Waals surface area contributed by atoms with Gasteiger partial charge in [0.05, 0.1) is 16.8 Å². The molecular formula is C20H21N3O7. The first-order valence-electron chi connectivity index (χ1n) is 9.85. The molecule has 0 radical (unpaired) electrons. The Hall–Kier alpha value is -3.30. The summed E-state index contributed by atoms with van der Waals surface area (Å²) in [6.07, 6.45) is 2.78. The lowest BCUT2D eigenvalue weighted by Gasteiger charge is -2.23. The summed E-state index contributed by atoms with van der Waals surface area (Å²) in [6.45, 7) is 0.778. The van der Waals surface area contributed by atoms with Gasteiger partial charge in [-0.05, 0) is 44.1 Å². The van der Waals surface area contributed by atoms with Crippen LogP contribution >= 0.6 is 0 Å². The molecule has 1 aromatic carbocycles. The highest BCUT2D eigenvalue weighted by molar-refractivity contribution is 6.08. The fraction of sp³-hybridized carbons (Fsp3) is 0.500. The number of hydrogen-bond donors (Lipinski definition) is 1. The Bertz CT molecular complexity index is 918. The number of anilines is 1. The van der Waals surface area contributed by atoms with Crippen molar-refractivity contribution in [1.82, 2.24) is 4.90 Å². The molecule has 1 heterocycles. The molecule has 0 unspecified atom stereocenters. The standard InChI is InChI=1S/C20H21N3O7/c1-10(22-18(25)16-11-5-6-12(7-11)17(16)19(22)26)20(27)30-9-15(24)21-13-3-2-4-14(8-13)23(28)29/h2-4,8,10-12,16-17H,5-7,9H2,1H3,(H,21,24)/t10-,11-,12-,16-,17+/m0/s1. The van der Waals surface area contributed by atoms with Crippen LogP contribution in [-0.2, 0) is 23.9 Å². The molecule has 2 aliphatic carbocycles. The molecule has 0 spiro atoms. The summed E-state index contributed by atoms with van der Waals surface area (Å²) in [4.78, 5) is 61.1. The molecule has 1 aliphatic heterocycles. The van der Waals surface area contributed by atoms with Crippen LogP contribution < -0.4 is 5.32 Å². The molecule has 1 saturated heterocycles. The first-order chi connectivity index (χ1) is 14.3. The summed E-state index contributed by atoms with van der Waals surface area (Å²) in [5, 5.41) is 13.2. The number of ether oxygens (including phenoxy) is 1. The first-order valence-corrected chi connectivity index (χ1v) is 9.85. The number of esters is 1. The van der Waals surface area contributed by atoms with Gasteiger partial charge >= 0.3 is 5.97 Å². The molecule has 1 aromatic rings. The maximum absolute atomic E-state index is 12.8. The zero-order valence-corrected chi connectivity index (χ0v) is 16.3. The lowest BCUT2D eigenvalue weighted by atomic mass is 9.81. The maximum atomic E-state index is 12.8. The molecule has 158 valence electrons. The molecule has 2 saturated carbocycles. The first kappa shape index (κ1) is 20.0. The molecule has 5 atom stereocenters. The number of rotatable bonds is 6. The molecule has 30 heavy (non-hydrogen) atoms. The Balaban J connectivity index is 1.33. The number of amides is 3. The third-order valence-corrected chi connectivity index (χ3v) is 6.38. The van der Waals surface area contributed by atoms with Gasteiger partial charge in [-0.25, -0.2) is 4.79 Å². The van der Waals surface area contributed by atoms with E-state index in [1.807, 2.05) is 0 Å². The van der Waals surface area contributed by atoms with Crippen LogP contribution in [0.5, 0.6) is 0 Å². The molecular weight excluding hydrogens is 394 g/mol. The van der Waals surface area contributed by atoms with E-state index in [0.717, 1.165) is 24.2 Å². The molecule has 1 N–H and O–H groups in total. The quantitative estimate of drug-likeness (QED) is 0.322. The van der Waals surface area contributed by atoms with Crippen LogP contribution in [0.15, 0.2) is 24.3 Å². The minimum Gasteiger partial charge on any atom is -0.454 e. The van der Waals surface area contributed by atoms with Gasteiger partial charge in [0.25, 0.3) is 11.6 Å². The van der Waals surface area contributed by atoms with Crippen LogP contribution in [-0.4, -0.2) is 46.2 Å². The smallest absolute Gasteiger partial charge is 0.329 e. The van der Waals surface area contributed by atoms with Gasteiger partial charge in [-0.2, -0.15) is 0 Å². The fourth-order valence-corrected chi connectivity index (χ4v) is 5.07. The van der Waals surface area contributed by atoms with Crippen molar-refractivity contribution in [2.24, 2.45) is 23.7 Å². The van der Waals surface area contributed by atoms with Gasteiger partial charge in [0.2, 0.25) is 11.8 Å². The number of nitro groups is 1. The second kappa shape index (κ2) is 7.51. The second-order valence-electron chi connectivity index (χ2n) is 8.07. The van der Waals surface area contributed by atoms with Crippen LogP contribution in [0.2, 0.25) is 0 Å². The SMILES string of the molecule is C[C@@H](C(=O)OCC(=O)Nc1cccc([N+](=O)[O-])c1)N1C(=O)[C@@H]2[C@H]3CC[C@@H](C3)[C@@H]2C1=O. The molecule has 3 aliphatic rings.